The highest BCUT2D eigenvalue weighted by atomic mass is 32.2. The molecule has 0 radical (unpaired) electrons. The van der Waals surface area contributed by atoms with Gasteiger partial charge in [0.25, 0.3) is 0 Å². The Bertz CT molecular complexity index is 784. The van der Waals surface area contributed by atoms with Crippen molar-refractivity contribution in [3.63, 3.8) is 0 Å². The second kappa shape index (κ2) is 11.6. The lowest BCUT2D eigenvalue weighted by Gasteiger charge is -2.26. The zero-order valence-electron chi connectivity index (χ0n) is 15.8. The molecule has 0 saturated heterocycles. The van der Waals surface area contributed by atoms with Gasteiger partial charge in [-0.25, -0.2) is 4.79 Å². The molecule has 0 fully saturated rings. The third-order valence-corrected chi connectivity index (χ3v) is 5.89. The summed E-state index contributed by atoms with van der Waals surface area (Å²) in [6, 6.07) is 18.4. The minimum absolute atomic E-state index is 0.0518. The molecule has 0 aliphatic rings. The van der Waals surface area contributed by atoms with Crippen LogP contribution in [0.4, 0.5) is 4.79 Å². The number of benzene rings is 2. The fourth-order valence-electron chi connectivity index (χ4n) is 2.53. The van der Waals surface area contributed by atoms with Crippen molar-refractivity contribution in [1.29, 1.82) is 0 Å². The highest BCUT2D eigenvalue weighted by molar-refractivity contribution is 8.14. The van der Waals surface area contributed by atoms with Gasteiger partial charge >= 0.3 is 6.09 Å². The Morgan fingerprint density at radius 3 is 2.11 bits per heavy atom. The molecule has 0 saturated carbocycles. The molecule has 0 aliphatic carbocycles. The summed E-state index contributed by atoms with van der Waals surface area (Å²) in [5, 5.41) is 2.40. The van der Waals surface area contributed by atoms with Crippen LogP contribution in [-0.4, -0.2) is 28.1 Å². The van der Waals surface area contributed by atoms with Crippen molar-refractivity contribution in [2.24, 2.45) is 0 Å². The third-order valence-electron chi connectivity index (χ3n) is 3.77. The van der Waals surface area contributed by atoms with Gasteiger partial charge in [-0.05, 0) is 11.1 Å². The normalized spacial score (nSPS) is 12.6. The van der Waals surface area contributed by atoms with E-state index in [0.29, 0.717) is 5.75 Å². The van der Waals surface area contributed by atoms with Crippen molar-refractivity contribution in [2.45, 2.75) is 31.7 Å². The van der Waals surface area contributed by atoms with Gasteiger partial charge in [0.15, 0.2) is 10.2 Å². The van der Waals surface area contributed by atoms with Gasteiger partial charge in [-0.3, -0.25) is 9.59 Å². The Morgan fingerprint density at radius 2 is 1.54 bits per heavy atom. The molecule has 1 N–H and O–H groups in total. The van der Waals surface area contributed by atoms with Gasteiger partial charge in [0.2, 0.25) is 0 Å². The maximum atomic E-state index is 12.4. The first-order chi connectivity index (χ1) is 13.5. The summed E-state index contributed by atoms with van der Waals surface area (Å²) in [5.41, 5.74) is 1.78. The molecule has 0 aliphatic heterocycles. The first kappa shape index (κ1) is 22.0. The molecule has 0 spiro atoms. The smallest absolute Gasteiger partial charge is 0.407 e. The van der Waals surface area contributed by atoms with E-state index in [-0.39, 0.29) is 22.1 Å². The SMILES string of the molecule is CC(=O)SC[C@H](NC(=O)OCc1ccccc1)[C@H](SC(C)=O)c1ccccc1. The van der Waals surface area contributed by atoms with E-state index in [4.69, 9.17) is 4.74 Å². The van der Waals surface area contributed by atoms with Crippen LogP contribution in [0, 0.1) is 0 Å². The highest BCUT2D eigenvalue weighted by Crippen LogP contribution is 2.34. The fraction of sp³-hybridized carbons (Fsp3) is 0.286. The molecule has 2 atom stereocenters. The van der Waals surface area contributed by atoms with Crippen LogP contribution in [0.5, 0.6) is 0 Å². The van der Waals surface area contributed by atoms with Crippen LogP contribution in [0.15, 0.2) is 60.7 Å². The van der Waals surface area contributed by atoms with Crippen molar-refractivity contribution in [2.75, 3.05) is 5.75 Å². The number of ether oxygens (including phenoxy) is 1. The number of nitrogens with one attached hydrogen (secondary N) is 1. The molecule has 5 nitrogen and oxygen atoms in total. The zero-order valence-corrected chi connectivity index (χ0v) is 17.4. The molecule has 0 heterocycles. The molecular formula is C21H23NO4S2. The summed E-state index contributed by atoms with van der Waals surface area (Å²) in [5.74, 6) is 0.343. The van der Waals surface area contributed by atoms with Crippen LogP contribution in [-0.2, 0) is 20.9 Å². The molecule has 7 heteroatoms. The monoisotopic (exact) mass is 417 g/mol. The molecule has 0 unspecified atom stereocenters. The van der Waals surface area contributed by atoms with Gasteiger partial charge < -0.3 is 10.1 Å². The van der Waals surface area contributed by atoms with Crippen LogP contribution in [0.25, 0.3) is 0 Å². The maximum Gasteiger partial charge on any atom is 0.407 e. The predicted molar refractivity (Wildman–Crippen MR) is 114 cm³/mol. The average Bonchev–Trinajstić information content (AvgIpc) is 2.69. The first-order valence-corrected chi connectivity index (χ1v) is 10.6. The standard InChI is InChI=1S/C21H23NO4S2/c1-15(23)27-14-19(20(28-16(2)24)18-11-7-4-8-12-18)22-21(25)26-13-17-9-5-3-6-10-17/h3-12,19-20H,13-14H2,1-2H3,(H,22,25)/t19-,20+/m0/s1. The lowest BCUT2D eigenvalue weighted by Crippen LogP contribution is -2.41. The molecule has 148 valence electrons. The van der Waals surface area contributed by atoms with Crippen molar-refractivity contribution < 1.29 is 19.1 Å². The summed E-state index contributed by atoms with van der Waals surface area (Å²) < 4.78 is 5.32. The van der Waals surface area contributed by atoms with Gasteiger partial charge in [-0.2, -0.15) is 0 Å². The minimum atomic E-state index is -0.580. The summed E-state index contributed by atoms with van der Waals surface area (Å²) in [4.78, 5) is 35.7. The number of hydrogen-bond donors (Lipinski definition) is 1. The topological polar surface area (TPSA) is 72.5 Å². The predicted octanol–water partition coefficient (Wildman–Crippen LogP) is 4.58. The molecule has 0 bridgehead atoms. The molecule has 2 aromatic rings. The van der Waals surface area contributed by atoms with E-state index < -0.39 is 12.1 Å². The average molecular weight is 418 g/mol. The quantitative estimate of drug-likeness (QED) is 0.678. The second-order valence-corrected chi connectivity index (χ2v) is 8.57. The van der Waals surface area contributed by atoms with Crippen LogP contribution in [0.1, 0.15) is 30.2 Å². The molecule has 1 amide bonds. The molecule has 2 rings (SSSR count). The number of carbonyl (C=O) groups is 3. The van der Waals surface area contributed by atoms with Gasteiger partial charge in [-0.1, -0.05) is 84.2 Å². The molecule has 2 aromatic carbocycles. The number of rotatable bonds is 8. The number of carbonyl (C=O) groups excluding carboxylic acids is 3. The molecule has 0 aromatic heterocycles. The van der Waals surface area contributed by atoms with Crippen LogP contribution in [0.3, 0.4) is 0 Å². The Balaban J connectivity index is 2.12. The Hall–Kier alpha value is -2.25. The van der Waals surface area contributed by atoms with E-state index in [1.165, 1.54) is 13.8 Å². The van der Waals surface area contributed by atoms with Crippen molar-refractivity contribution in [1.82, 2.24) is 5.32 Å². The summed E-state index contributed by atoms with van der Waals surface area (Å²) in [7, 11) is 0. The van der Waals surface area contributed by atoms with Gasteiger partial charge in [0, 0.05) is 19.6 Å². The van der Waals surface area contributed by atoms with E-state index in [0.717, 1.165) is 34.7 Å². The zero-order chi connectivity index (χ0) is 20.4. The largest absolute Gasteiger partial charge is 0.445 e. The molecule has 28 heavy (non-hydrogen) atoms. The second-order valence-electron chi connectivity index (χ2n) is 6.06. The van der Waals surface area contributed by atoms with E-state index in [1.54, 1.807) is 0 Å². The van der Waals surface area contributed by atoms with E-state index >= 15 is 0 Å². The first-order valence-electron chi connectivity index (χ1n) is 8.78. The Morgan fingerprint density at radius 1 is 0.929 bits per heavy atom. The van der Waals surface area contributed by atoms with Crippen molar-refractivity contribution in [3.05, 3.63) is 71.8 Å². The van der Waals surface area contributed by atoms with Crippen molar-refractivity contribution in [3.8, 4) is 0 Å². The number of alkyl carbamates (subject to hydrolysis) is 1. The van der Waals surface area contributed by atoms with Crippen LogP contribution in [0.2, 0.25) is 0 Å². The minimum Gasteiger partial charge on any atom is -0.445 e. The van der Waals surface area contributed by atoms with Gasteiger partial charge in [-0.15, -0.1) is 0 Å². The number of hydrogen-bond acceptors (Lipinski definition) is 6. The van der Waals surface area contributed by atoms with Crippen molar-refractivity contribution >= 4 is 39.8 Å². The lowest BCUT2D eigenvalue weighted by molar-refractivity contribution is -0.109. The maximum absolute atomic E-state index is 12.4. The van der Waals surface area contributed by atoms with Crippen LogP contribution < -0.4 is 5.32 Å². The van der Waals surface area contributed by atoms with Gasteiger partial charge in [0.1, 0.15) is 6.61 Å². The third kappa shape index (κ3) is 7.78. The Kier molecular flexibility index (Phi) is 9.10. The van der Waals surface area contributed by atoms with Crippen LogP contribution >= 0.6 is 23.5 Å². The number of amides is 1. The van der Waals surface area contributed by atoms with E-state index in [9.17, 15) is 14.4 Å². The summed E-state index contributed by atoms with van der Waals surface area (Å²) in [6.07, 6.45) is -0.580. The summed E-state index contributed by atoms with van der Waals surface area (Å²) >= 11 is 2.25. The number of thioether (sulfide) groups is 2. The van der Waals surface area contributed by atoms with E-state index in [1.807, 2.05) is 60.7 Å². The highest BCUT2D eigenvalue weighted by Gasteiger charge is 2.28. The fourth-order valence-corrected chi connectivity index (χ4v) is 4.32. The lowest BCUT2D eigenvalue weighted by atomic mass is 10.1. The summed E-state index contributed by atoms with van der Waals surface area (Å²) in [6.45, 7) is 3.11. The Labute approximate surface area is 173 Å². The van der Waals surface area contributed by atoms with Gasteiger partial charge in [0.05, 0.1) is 11.3 Å². The molecular weight excluding hydrogens is 394 g/mol. The van der Waals surface area contributed by atoms with E-state index in [2.05, 4.69) is 5.32 Å².